The topological polar surface area (TPSA) is 12.0 Å². The fourth-order valence-corrected chi connectivity index (χ4v) is 2.80. The Morgan fingerprint density at radius 3 is 2.36 bits per heavy atom. The molecule has 0 fully saturated rings. The van der Waals surface area contributed by atoms with Crippen LogP contribution in [-0.4, -0.2) is 24.1 Å². The van der Waals surface area contributed by atoms with Crippen LogP contribution in [-0.2, 0) is 0 Å². The Labute approximate surface area is 94.4 Å². The molecule has 0 bridgehead atoms. The maximum Gasteiger partial charge on any atom is 0.0157 e. The van der Waals surface area contributed by atoms with Crippen molar-refractivity contribution in [2.24, 2.45) is 5.92 Å². The molecule has 1 nitrogen and oxygen atoms in total. The molecule has 14 heavy (non-hydrogen) atoms. The van der Waals surface area contributed by atoms with Gasteiger partial charge < -0.3 is 5.32 Å². The Morgan fingerprint density at radius 2 is 1.86 bits per heavy atom. The molecule has 0 aromatic rings. The third kappa shape index (κ3) is 8.89. The van der Waals surface area contributed by atoms with E-state index < -0.39 is 0 Å². The van der Waals surface area contributed by atoms with Gasteiger partial charge in [-0.25, -0.2) is 0 Å². The van der Waals surface area contributed by atoms with Gasteiger partial charge in [0.05, 0.1) is 0 Å². The van der Waals surface area contributed by atoms with Crippen molar-refractivity contribution in [1.82, 2.24) is 5.32 Å². The van der Waals surface area contributed by atoms with Crippen molar-refractivity contribution < 1.29 is 0 Å². The largest absolute Gasteiger partial charge is 0.313 e. The van der Waals surface area contributed by atoms with Gasteiger partial charge in [0.1, 0.15) is 0 Å². The molecule has 0 aliphatic heterocycles. The van der Waals surface area contributed by atoms with Crippen LogP contribution < -0.4 is 5.32 Å². The van der Waals surface area contributed by atoms with Crippen molar-refractivity contribution in [3.8, 4) is 0 Å². The lowest BCUT2D eigenvalue weighted by atomic mass is 10.2. The van der Waals surface area contributed by atoms with Crippen LogP contribution in [0.5, 0.6) is 0 Å². The Bertz CT molecular complexity index is 109. The molecule has 0 saturated carbocycles. The first-order chi connectivity index (χ1) is 6.70. The molecule has 0 heterocycles. The highest BCUT2D eigenvalue weighted by atomic mass is 32.2. The van der Waals surface area contributed by atoms with E-state index >= 15 is 0 Å². The first kappa shape index (κ1) is 14.3. The van der Waals surface area contributed by atoms with E-state index in [1.54, 1.807) is 0 Å². The molecular weight excluding hydrogens is 190 g/mol. The van der Waals surface area contributed by atoms with Crippen molar-refractivity contribution in [3.63, 3.8) is 0 Å². The van der Waals surface area contributed by atoms with E-state index in [1.165, 1.54) is 30.8 Å². The van der Waals surface area contributed by atoms with Crippen molar-refractivity contribution in [2.45, 2.75) is 53.0 Å². The molecule has 1 unspecified atom stereocenters. The Morgan fingerprint density at radius 1 is 1.14 bits per heavy atom. The highest BCUT2D eigenvalue weighted by Gasteiger charge is 2.05. The Balaban J connectivity index is 3.40. The molecule has 1 N–H and O–H groups in total. The maximum absolute atomic E-state index is 3.55. The summed E-state index contributed by atoms with van der Waals surface area (Å²) < 4.78 is 0. The molecule has 86 valence electrons. The van der Waals surface area contributed by atoms with Gasteiger partial charge in [0.2, 0.25) is 0 Å². The zero-order chi connectivity index (χ0) is 10.8. The van der Waals surface area contributed by atoms with E-state index in [1.807, 2.05) is 0 Å². The Kier molecular flexibility index (Phi) is 10.1. The standard InChI is InChI=1S/C12H27NS/c1-5-7-12(13-6-2)10-14-9-8-11(3)4/h11-13H,5-10H2,1-4H3. The summed E-state index contributed by atoms with van der Waals surface area (Å²) in [7, 11) is 0. The van der Waals surface area contributed by atoms with Gasteiger partial charge >= 0.3 is 0 Å². The molecule has 1 atom stereocenters. The second-order valence-electron chi connectivity index (χ2n) is 4.30. The fraction of sp³-hybridized carbons (Fsp3) is 1.00. The van der Waals surface area contributed by atoms with E-state index in [0.29, 0.717) is 0 Å². The predicted molar refractivity (Wildman–Crippen MR) is 69.2 cm³/mol. The van der Waals surface area contributed by atoms with Crippen LogP contribution in [0.15, 0.2) is 0 Å². The average Bonchev–Trinajstić information content (AvgIpc) is 2.12. The minimum Gasteiger partial charge on any atom is -0.313 e. The molecule has 0 amide bonds. The molecule has 0 saturated heterocycles. The summed E-state index contributed by atoms with van der Waals surface area (Å²) in [6.45, 7) is 10.2. The van der Waals surface area contributed by atoms with Crippen LogP contribution in [0.2, 0.25) is 0 Å². The molecule has 0 rings (SSSR count). The molecule has 0 aromatic carbocycles. The van der Waals surface area contributed by atoms with Crippen molar-refractivity contribution >= 4 is 11.8 Å². The van der Waals surface area contributed by atoms with Gasteiger partial charge in [-0.2, -0.15) is 11.8 Å². The summed E-state index contributed by atoms with van der Waals surface area (Å²) in [4.78, 5) is 0. The smallest absolute Gasteiger partial charge is 0.0157 e. The Hall–Kier alpha value is 0.310. The van der Waals surface area contributed by atoms with E-state index in [2.05, 4.69) is 44.8 Å². The lowest BCUT2D eigenvalue weighted by Crippen LogP contribution is -2.31. The van der Waals surface area contributed by atoms with Gasteiger partial charge in [0.25, 0.3) is 0 Å². The highest BCUT2D eigenvalue weighted by Crippen LogP contribution is 2.11. The van der Waals surface area contributed by atoms with Crippen LogP contribution >= 0.6 is 11.8 Å². The monoisotopic (exact) mass is 217 g/mol. The molecule has 0 radical (unpaired) electrons. The molecule has 0 spiro atoms. The van der Waals surface area contributed by atoms with E-state index in [4.69, 9.17) is 0 Å². The fourth-order valence-electron chi connectivity index (χ4n) is 1.43. The lowest BCUT2D eigenvalue weighted by molar-refractivity contribution is 0.530. The van der Waals surface area contributed by atoms with Gasteiger partial charge in [-0.1, -0.05) is 34.1 Å². The first-order valence-electron chi connectivity index (χ1n) is 6.01. The normalized spacial score (nSPS) is 13.5. The number of hydrogen-bond acceptors (Lipinski definition) is 2. The summed E-state index contributed by atoms with van der Waals surface area (Å²) in [6.07, 6.45) is 3.97. The molecular formula is C12H27NS. The van der Waals surface area contributed by atoms with Crippen molar-refractivity contribution in [3.05, 3.63) is 0 Å². The maximum atomic E-state index is 3.55. The van der Waals surface area contributed by atoms with E-state index in [9.17, 15) is 0 Å². The third-order valence-corrected chi connectivity index (χ3v) is 3.45. The van der Waals surface area contributed by atoms with Crippen LogP contribution in [0.3, 0.4) is 0 Å². The van der Waals surface area contributed by atoms with E-state index in [-0.39, 0.29) is 0 Å². The summed E-state index contributed by atoms with van der Waals surface area (Å²) in [5, 5.41) is 3.55. The zero-order valence-electron chi connectivity index (χ0n) is 10.3. The number of nitrogens with one attached hydrogen (secondary N) is 1. The number of rotatable bonds is 9. The molecule has 2 heteroatoms. The van der Waals surface area contributed by atoms with Gasteiger partial charge in [-0.15, -0.1) is 0 Å². The van der Waals surface area contributed by atoms with Crippen molar-refractivity contribution in [2.75, 3.05) is 18.1 Å². The second-order valence-corrected chi connectivity index (χ2v) is 5.45. The lowest BCUT2D eigenvalue weighted by Gasteiger charge is -2.16. The molecule has 0 aliphatic carbocycles. The number of hydrogen-bond donors (Lipinski definition) is 1. The van der Waals surface area contributed by atoms with Crippen LogP contribution in [0.25, 0.3) is 0 Å². The summed E-state index contributed by atoms with van der Waals surface area (Å²) in [6, 6.07) is 0.738. The zero-order valence-corrected chi connectivity index (χ0v) is 11.1. The molecule has 0 aliphatic rings. The second kappa shape index (κ2) is 9.85. The van der Waals surface area contributed by atoms with Crippen LogP contribution in [0.1, 0.15) is 47.0 Å². The third-order valence-electron chi connectivity index (χ3n) is 2.29. The summed E-state index contributed by atoms with van der Waals surface area (Å²) in [5.74, 6) is 3.46. The quantitative estimate of drug-likeness (QED) is 0.593. The van der Waals surface area contributed by atoms with Gasteiger partial charge in [-0.05, 0) is 31.1 Å². The van der Waals surface area contributed by atoms with Crippen LogP contribution in [0, 0.1) is 5.92 Å². The van der Waals surface area contributed by atoms with Gasteiger partial charge in [-0.3, -0.25) is 0 Å². The van der Waals surface area contributed by atoms with Crippen LogP contribution in [0.4, 0.5) is 0 Å². The van der Waals surface area contributed by atoms with Crippen molar-refractivity contribution in [1.29, 1.82) is 0 Å². The summed E-state index contributed by atoms with van der Waals surface area (Å²) in [5.41, 5.74) is 0. The molecule has 0 aromatic heterocycles. The highest BCUT2D eigenvalue weighted by molar-refractivity contribution is 7.99. The minimum absolute atomic E-state index is 0.738. The SMILES string of the molecule is CCCC(CSCCC(C)C)NCC. The van der Waals surface area contributed by atoms with E-state index in [0.717, 1.165) is 18.5 Å². The summed E-state index contributed by atoms with van der Waals surface area (Å²) >= 11 is 2.11. The first-order valence-corrected chi connectivity index (χ1v) is 7.17. The number of thioether (sulfide) groups is 1. The minimum atomic E-state index is 0.738. The van der Waals surface area contributed by atoms with Gasteiger partial charge in [0, 0.05) is 11.8 Å². The van der Waals surface area contributed by atoms with Gasteiger partial charge in [0.15, 0.2) is 0 Å². The average molecular weight is 217 g/mol. The predicted octanol–water partition coefficient (Wildman–Crippen LogP) is 3.54.